The molecule has 1 aliphatic rings. The van der Waals surface area contributed by atoms with Crippen LogP contribution < -0.4 is 21.0 Å². The van der Waals surface area contributed by atoms with E-state index < -0.39 is 8.32 Å². The first-order valence-electron chi connectivity index (χ1n) is 11.9. The first kappa shape index (κ1) is 24.2. The molecule has 0 saturated carbocycles. The van der Waals surface area contributed by atoms with Crippen LogP contribution in [0.2, 0.25) is 5.04 Å². The summed E-state index contributed by atoms with van der Waals surface area (Å²) >= 11 is 0. The summed E-state index contributed by atoms with van der Waals surface area (Å²) in [5.41, 5.74) is 0.0744. The Morgan fingerprint density at radius 2 is 1.23 bits per heavy atom. The summed E-state index contributed by atoms with van der Waals surface area (Å²) in [6.07, 6.45) is 2.28. The number of hydrogen-bond acceptors (Lipinski definition) is 3. The van der Waals surface area contributed by atoms with Gasteiger partial charge in [-0.05, 0) is 49.0 Å². The highest BCUT2D eigenvalue weighted by atomic mass is 28.4. The van der Waals surface area contributed by atoms with Gasteiger partial charge in [0.15, 0.2) is 0 Å². The van der Waals surface area contributed by atoms with E-state index in [2.05, 4.69) is 127 Å². The zero-order chi connectivity index (χ0) is 22.9. The van der Waals surface area contributed by atoms with Crippen LogP contribution in [0.15, 0.2) is 60.7 Å². The zero-order valence-corrected chi connectivity index (χ0v) is 21.8. The minimum atomic E-state index is -2.57. The molecular formula is C27H42N2OSi. The topological polar surface area (TPSA) is 33.3 Å². The van der Waals surface area contributed by atoms with E-state index in [4.69, 9.17) is 4.43 Å². The second-order valence-electron chi connectivity index (χ2n) is 10.6. The van der Waals surface area contributed by atoms with Gasteiger partial charge in [-0.15, -0.1) is 0 Å². The van der Waals surface area contributed by atoms with E-state index in [-0.39, 0.29) is 28.4 Å². The fourth-order valence-corrected chi connectivity index (χ4v) is 10.0. The van der Waals surface area contributed by atoms with Crippen LogP contribution in [0.3, 0.4) is 0 Å². The molecule has 2 aromatic rings. The highest BCUT2D eigenvalue weighted by Crippen LogP contribution is 2.39. The molecule has 1 heterocycles. The molecule has 3 nitrogen and oxygen atoms in total. The van der Waals surface area contributed by atoms with Crippen molar-refractivity contribution in [1.82, 2.24) is 10.6 Å². The second kappa shape index (κ2) is 8.82. The summed E-state index contributed by atoms with van der Waals surface area (Å²) in [7, 11) is -2.57. The maximum Gasteiger partial charge on any atom is 0.261 e. The minimum absolute atomic E-state index is 0.0190. The summed E-state index contributed by atoms with van der Waals surface area (Å²) in [6.45, 7) is 18.5. The van der Waals surface area contributed by atoms with Gasteiger partial charge in [-0.3, -0.25) is 10.6 Å². The molecule has 0 spiro atoms. The van der Waals surface area contributed by atoms with Crippen LogP contribution in [0, 0.1) is 0 Å². The summed E-state index contributed by atoms with van der Waals surface area (Å²) < 4.78 is 7.35. The molecule has 1 saturated heterocycles. The smallest absolute Gasteiger partial charge is 0.261 e. The number of nitrogens with one attached hydrogen (secondary N) is 2. The average Bonchev–Trinajstić information content (AvgIpc) is 3.04. The lowest BCUT2D eigenvalue weighted by molar-refractivity contribution is 0.149. The number of benzene rings is 2. The molecule has 2 aromatic carbocycles. The van der Waals surface area contributed by atoms with Gasteiger partial charge in [-0.2, -0.15) is 0 Å². The molecule has 1 fully saturated rings. The van der Waals surface area contributed by atoms with Crippen molar-refractivity contribution in [3.05, 3.63) is 60.7 Å². The summed E-state index contributed by atoms with van der Waals surface area (Å²) in [6, 6.07) is 21.8. The van der Waals surface area contributed by atoms with Gasteiger partial charge < -0.3 is 4.43 Å². The van der Waals surface area contributed by atoms with Gasteiger partial charge in [-0.25, -0.2) is 0 Å². The fraction of sp³-hybridized carbons (Fsp3) is 0.556. The molecule has 0 aromatic heterocycles. The number of rotatable bonds is 7. The van der Waals surface area contributed by atoms with Gasteiger partial charge in [0.2, 0.25) is 0 Å². The van der Waals surface area contributed by atoms with Crippen LogP contribution in [0.25, 0.3) is 0 Å². The minimum Gasteiger partial charge on any atom is -0.402 e. The van der Waals surface area contributed by atoms with Gasteiger partial charge >= 0.3 is 0 Å². The summed E-state index contributed by atoms with van der Waals surface area (Å²) in [5.74, 6) is 0. The van der Waals surface area contributed by atoms with Gasteiger partial charge in [0.05, 0.1) is 12.3 Å². The van der Waals surface area contributed by atoms with Crippen molar-refractivity contribution in [3.63, 3.8) is 0 Å². The molecule has 0 aliphatic carbocycles. The third-order valence-corrected chi connectivity index (χ3v) is 13.0. The normalized spacial score (nSPS) is 26.2. The molecular weight excluding hydrogens is 396 g/mol. The predicted octanol–water partition coefficient (Wildman–Crippen LogP) is 4.81. The standard InChI is InChI=1S/C27H42N2OSi/c1-9-26(7)27(8,10-2)29-24(28-26)21(3)30-31(25(4,5)6,22-17-13-11-14-18-22)23-19-15-12-16-20-23/h11-21,24,28-29H,9-10H2,1-8H3/t21-,26+,27+/m0/s1. The van der Waals surface area contributed by atoms with Gasteiger partial charge in [0.1, 0.15) is 0 Å². The van der Waals surface area contributed by atoms with E-state index >= 15 is 0 Å². The Morgan fingerprint density at radius 3 is 1.55 bits per heavy atom. The van der Waals surface area contributed by atoms with Crippen LogP contribution in [0.1, 0.15) is 68.2 Å². The molecule has 3 atom stereocenters. The quantitative estimate of drug-likeness (QED) is 0.609. The van der Waals surface area contributed by atoms with Gasteiger partial charge in [-0.1, -0.05) is 95.3 Å². The van der Waals surface area contributed by atoms with E-state index in [1.165, 1.54) is 10.4 Å². The molecule has 0 bridgehead atoms. The monoisotopic (exact) mass is 438 g/mol. The van der Waals surface area contributed by atoms with Crippen LogP contribution >= 0.6 is 0 Å². The van der Waals surface area contributed by atoms with Crippen LogP contribution in [-0.4, -0.2) is 31.7 Å². The van der Waals surface area contributed by atoms with Crippen molar-refractivity contribution < 1.29 is 4.43 Å². The van der Waals surface area contributed by atoms with Crippen molar-refractivity contribution in [2.24, 2.45) is 0 Å². The van der Waals surface area contributed by atoms with E-state index in [0.29, 0.717) is 0 Å². The fourth-order valence-electron chi connectivity index (χ4n) is 5.30. The van der Waals surface area contributed by atoms with Crippen LogP contribution in [0.5, 0.6) is 0 Å². The van der Waals surface area contributed by atoms with Crippen molar-refractivity contribution in [3.8, 4) is 0 Å². The molecule has 4 heteroatoms. The predicted molar refractivity (Wildman–Crippen MR) is 136 cm³/mol. The van der Waals surface area contributed by atoms with Crippen LogP contribution in [-0.2, 0) is 4.43 Å². The lowest BCUT2D eigenvalue weighted by atomic mass is 9.77. The average molecular weight is 439 g/mol. The van der Waals surface area contributed by atoms with E-state index in [0.717, 1.165) is 12.8 Å². The van der Waals surface area contributed by atoms with Gasteiger partial charge in [0.25, 0.3) is 8.32 Å². The lowest BCUT2D eigenvalue weighted by Crippen LogP contribution is -2.69. The van der Waals surface area contributed by atoms with E-state index in [9.17, 15) is 0 Å². The van der Waals surface area contributed by atoms with Crippen molar-refractivity contribution in [2.45, 2.75) is 96.6 Å². The first-order valence-corrected chi connectivity index (χ1v) is 13.8. The summed E-state index contributed by atoms with van der Waals surface area (Å²) in [4.78, 5) is 0. The third-order valence-electron chi connectivity index (χ3n) is 7.83. The highest BCUT2D eigenvalue weighted by molar-refractivity contribution is 6.99. The molecule has 0 unspecified atom stereocenters. The second-order valence-corrected chi connectivity index (χ2v) is 14.9. The first-order chi connectivity index (χ1) is 14.5. The highest BCUT2D eigenvalue weighted by Gasteiger charge is 2.55. The van der Waals surface area contributed by atoms with Gasteiger partial charge in [0, 0.05) is 11.1 Å². The van der Waals surface area contributed by atoms with E-state index in [1.807, 2.05) is 0 Å². The molecule has 31 heavy (non-hydrogen) atoms. The number of hydrogen-bond donors (Lipinski definition) is 2. The Kier molecular flexibility index (Phi) is 6.88. The van der Waals surface area contributed by atoms with E-state index in [1.54, 1.807) is 0 Å². The molecule has 2 N–H and O–H groups in total. The molecule has 0 radical (unpaired) electrons. The Balaban J connectivity index is 2.06. The molecule has 0 amide bonds. The Morgan fingerprint density at radius 1 is 0.839 bits per heavy atom. The summed E-state index contributed by atoms with van der Waals surface area (Å²) in [5, 5.41) is 10.5. The molecule has 3 rings (SSSR count). The van der Waals surface area contributed by atoms with Crippen LogP contribution in [0.4, 0.5) is 0 Å². The van der Waals surface area contributed by atoms with Crippen molar-refractivity contribution >= 4 is 18.7 Å². The Bertz CT molecular complexity index is 793. The molecule has 1 aliphatic heterocycles. The third kappa shape index (κ3) is 4.16. The SMILES string of the molecule is CC[C@@]1(C)NC([C@H](C)O[Si](c2ccccc2)(c2ccccc2)C(C)(C)C)N[C@]1(C)CC. The molecule has 170 valence electrons. The Hall–Kier alpha value is -1.46. The van der Waals surface area contributed by atoms with Crippen molar-refractivity contribution in [1.29, 1.82) is 0 Å². The lowest BCUT2D eigenvalue weighted by Gasteiger charge is -2.45. The van der Waals surface area contributed by atoms with Crippen molar-refractivity contribution in [2.75, 3.05) is 0 Å². The maximum absolute atomic E-state index is 7.35. The zero-order valence-electron chi connectivity index (χ0n) is 20.8. The Labute approximate surface area is 191 Å². The largest absolute Gasteiger partial charge is 0.402 e. The maximum atomic E-state index is 7.35.